The van der Waals surface area contributed by atoms with Crippen LogP contribution < -0.4 is 10.9 Å². The van der Waals surface area contributed by atoms with Crippen LogP contribution in [0.4, 0.5) is 13.6 Å². The van der Waals surface area contributed by atoms with Crippen molar-refractivity contribution in [2.75, 3.05) is 0 Å². The summed E-state index contributed by atoms with van der Waals surface area (Å²) in [4.78, 5) is 33.7. The van der Waals surface area contributed by atoms with Crippen molar-refractivity contribution in [2.45, 2.75) is 46.3 Å². The van der Waals surface area contributed by atoms with E-state index in [0.29, 0.717) is 0 Å². The highest BCUT2D eigenvalue weighted by atomic mass is 35.5. The van der Waals surface area contributed by atoms with Gasteiger partial charge in [-0.05, 0) is 46.8 Å². The van der Waals surface area contributed by atoms with E-state index in [0.717, 1.165) is 16.8 Å². The molecule has 2 aromatic heterocycles. The Morgan fingerprint density at radius 2 is 1.90 bits per heavy atom. The highest BCUT2D eigenvalue weighted by Gasteiger charge is 2.25. The average molecular weight is 451 g/mol. The predicted molar refractivity (Wildman–Crippen MR) is 113 cm³/mol. The van der Waals surface area contributed by atoms with Crippen molar-refractivity contribution < 1.29 is 18.3 Å². The molecule has 1 atom stereocenters. The lowest BCUT2D eigenvalue weighted by Crippen LogP contribution is -2.37. The normalized spacial score (nSPS) is 12.6. The number of fused-ring (bicyclic) bond motifs is 1. The van der Waals surface area contributed by atoms with Crippen LogP contribution in [-0.4, -0.2) is 26.2 Å². The quantitative estimate of drug-likeness (QED) is 0.630. The van der Waals surface area contributed by atoms with Crippen LogP contribution in [-0.2, 0) is 4.74 Å². The Kier molecular flexibility index (Phi) is 6.00. The molecule has 1 N–H and O–H groups in total. The number of hydrogen-bond acceptors (Lipinski definition) is 5. The number of alkyl carbamates (subject to hydrolysis) is 1. The zero-order valence-electron chi connectivity index (χ0n) is 17.6. The van der Waals surface area contributed by atoms with Crippen LogP contribution in [0.25, 0.3) is 16.6 Å². The fourth-order valence-corrected chi connectivity index (χ4v) is 3.25. The molecule has 0 aliphatic heterocycles. The molecular weight excluding hydrogens is 430 g/mol. The fraction of sp³-hybridized carbons (Fsp3) is 0.333. The van der Waals surface area contributed by atoms with Gasteiger partial charge in [-0.3, -0.25) is 14.3 Å². The summed E-state index contributed by atoms with van der Waals surface area (Å²) in [5.41, 5.74) is -1.53. The highest BCUT2D eigenvalue weighted by Crippen LogP contribution is 2.26. The molecule has 0 saturated heterocycles. The summed E-state index contributed by atoms with van der Waals surface area (Å²) in [6, 6.07) is 1.42. The summed E-state index contributed by atoms with van der Waals surface area (Å²) in [6.07, 6.45) is 1.53. The third-order valence-corrected chi connectivity index (χ3v) is 4.75. The molecule has 0 fully saturated rings. The summed E-state index contributed by atoms with van der Waals surface area (Å²) in [5, 5.41) is 2.39. The summed E-state index contributed by atoms with van der Waals surface area (Å²) >= 11 is 6.15. The fourth-order valence-electron chi connectivity index (χ4n) is 3.02. The molecule has 0 aliphatic carbocycles. The minimum atomic E-state index is -0.909. The third-order valence-electron chi connectivity index (χ3n) is 4.44. The topological polar surface area (TPSA) is 86.1 Å². The molecule has 0 aliphatic rings. The highest BCUT2D eigenvalue weighted by molar-refractivity contribution is 6.35. The maximum absolute atomic E-state index is 14.5. The molecule has 10 heteroatoms. The van der Waals surface area contributed by atoms with E-state index in [4.69, 9.17) is 16.3 Å². The second kappa shape index (κ2) is 8.22. The first kappa shape index (κ1) is 22.6. The van der Waals surface area contributed by atoms with Gasteiger partial charge in [-0.2, -0.15) is 0 Å². The van der Waals surface area contributed by atoms with Crippen molar-refractivity contribution in [3.63, 3.8) is 0 Å². The molecule has 3 rings (SSSR count). The molecule has 164 valence electrons. The monoisotopic (exact) mass is 450 g/mol. The van der Waals surface area contributed by atoms with Gasteiger partial charge in [-0.25, -0.2) is 18.6 Å². The van der Waals surface area contributed by atoms with Crippen LogP contribution >= 0.6 is 11.6 Å². The maximum atomic E-state index is 14.5. The van der Waals surface area contributed by atoms with Gasteiger partial charge in [0.25, 0.3) is 5.56 Å². The summed E-state index contributed by atoms with van der Waals surface area (Å²) in [7, 11) is 0. The molecule has 7 nitrogen and oxygen atoms in total. The number of halogens is 3. The van der Waals surface area contributed by atoms with E-state index in [9.17, 15) is 18.4 Å². The van der Waals surface area contributed by atoms with Crippen LogP contribution in [0.1, 0.15) is 45.1 Å². The van der Waals surface area contributed by atoms with Crippen molar-refractivity contribution in [2.24, 2.45) is 0 Å². The number of ether oxygens (including phenoxy) is 1. The largest absolute Gasteiger partial charge is 0.444 e. The minimum Gasteiger partial charge on any atom is -0.444 e. The van der Waals surface area contributed by atoms with Gasteiger partial charge in [-0.1, -0.05) is 11.6 Å². The number of carbonyl (C=O) groups is 1. The zero-order valence-corrected chi connectivity index (χ0v) is 18.3. The lowest BCUT2D eigenvalue weighted by atomic mass is 10.1. The van der Waals surface area contributed by atoms with Crippen molar-refractivity contribution in [3.8, 4) is 5.69 Å². The molecule has 0 radical (unpaired) electrons. The molecule has 31 heavy (non-hydrogen) atoms. The van der Waals surface area contributed by atoms with Crippen molar-refractivity contribution in [1.82, 2.24) is 19.9 Å². The third kappa shape index (κ3) is 4.51. The molecule has 0 spiro atoms. The van der Waals surface area contributed by atoms with Gasteiger partial charge in [0, 0.05) is 5.56 Å². The van der Waals surface area contributed by atoms with Crippen LogP contribution in [0.2, 0.25) is 5.02 Å². The summed E-state index contributed by atoms with van der Waals surface area (Å²) in [6.45, 7) is 8.09. The molecule has 3 aromatic rings. The van der Waals surface area contributed by atoms with Gasteiger partial charge in [0.15, 0.2) is 0 Å². The minimum absolute atomic E-state index is 0.0102. The first-order valence-electron chi connectivity index (χ1n) is 9.41. The molecule has 0 unspecified atom stereocenters. The van der Waals surface area contributed by atoms with Gasteiger partial charge in [0.2, 0.25) is 0 Å². The molecule has 1 amide bonds. The van der Waals surface area contributed by atoms with E-state index >= 15 is 0 Å². The number of nitrogens with one attached hydrogen (secondary N) is 1. The van der Waals surface area contributed by atoms with Crippen LogP contribution in [0.15, 0.2) is 29.3 Å². The Labute approximate surface area is 182 Å². The smallest absolute Gasteiger partial charge is 0.408 e. The van der Waals surface area contributed by atoms with E-state index in [1.165, 1.54) is 19.2 Å². The first-order valence-corrected chi connectivity index (χ1v) is 9.79. The maximum Gasteiger partial charge on any atom is 0.408 e. The molecule has 2 heterocycles. The van der Waals surface area contributed by atoms with Crippen molar-refractivity contribution in [3.05, 3.63) is 62.9 Å². The average Bonchev–Trinajstić information content (AvgIpc) is 2.65. The number of amides is 1. The standard InChI is InChI=1S/C21H21ClF2N4O3/c1-10-14(24)8-25-9-15(10)28-18(11(2)26-20(30)31-21(3,4)5)27-17-13(23)7-6-12(22)16(17)19(28)29/h6-9,11H,1-5H3,(H,26,30)/t11-/m0/s1. The summed E-state index contributed by atoms with van der Waals surface area (Å²) in [5.74, 6) is -1.45. The lowest BCUT2D eigenvalue weighted by molar-refractivity contribution is 0.0505. The van der Waals surface area contributed by atoms with Crippen LogP contribution in [0.5, 0.6) is 0 Å². The van der Waals surface area contributed by atoms with E-state index in [1.807, 2.05) is 0 Å². The number of rotatable bonds is 3. The number of carbonyl (C=O) groups excluding carboxylic acids is 1. The van der Waals surface area contributed by atoms with Gasteiger partial charge in [-0.15, -0.1) is 0 Å². The molecule has 0 saturated carbocycles. The second-order valence-corrected chi connectivity index (χ2v) is 8.40. The Bertz CT molecular complexity index is 1240. The Morgan fingerprint density at radius 3 is 2.55 bits per heavy atom. The van der Waals surface area contributed by atoms with E-state index in [1.54, 1.807) is 27.7 Å². The number of pyridine rings is 1. The Morgan fingerprint density at radius 1 is 1.23 bits per heavy atom. The van der Waals surface area contributed by atoms with Crippen LogP contribution in [0.3, 0.4) is 0 Å². The molecule has 0 bridgehead atoms. The second-order valence-electron chi connectivity index (χ2n) is 8.00. The number of benzene rings is 1. The SMILES string of the molecule is Cc1c(F)cncc1-n1c([C@H](C)NC(=O)OC(C)(C)C)nc2c(F)ccc(Cl)c2c1=O. The van der Waals surface area contributed by atoms with Gasteiger partial charge in [0.1, 0.15) is 28.6 Å². The zero-order chi connectivity index (χ0) is 23.1. The number of nitrogens with zero attached hydrogens (tertiary/aromatic N) is 3. The van der Waals surface area contributed by atoms with E-state index in [2.05, 4.69) is 15.3 Å². The lowest BCUT2D eigenvalue weighted by Gasteiger charge is -2.24. The summed E-state index contributed by atoms with van der Waals surface area (Å²) < 4.78 is 35.0. The van der Waals surface area contributed by atoms with E-state index < -0.39 is 34.9 Å². The van der Waals surface area contributed by atoms with Crippen LogP contribution in [0, 0.1) is 18.6 Å². The molecular formula is C21H21ClF2N4O3. The Hall–Kier alpha value is -3.07. The molecule has 1 aromatic carbocycles. The van der Waals surface area contributed by atoms with Crippen molar-refractivity contribution >= 4 is 28.6 Å². The van der Waals surface area contributed by atoms with E-state index in [-0.39, 0.29) is 33.0 Å². The first-order chi connectivity index (χ1) is 14.4. The predicted octanol–water partition coefficient (Wildman–Crippen LogP) is 4.61. The van der Waals surface area contributed by atoms with Crippen molar-refractivity contribution in [1.29, 1.82) is 0 Å². The van der Waals surface area contributed by atoms with Gasteiger partial charge in [0.05, 0.1) is 34.5 Å². The van der Waals surface area contributed by atoms with Gasteiger partial charge < -0.3 is 10.1 Å². The Balaban J connectivity index is 2.29. The van der Waals surface area contributed by atoms with Gasteiger partial charge >= 0.3 is 6.09 Å². The number of aromatic nitrogens is 3. The number of hydrogen-bond donors (Lipinski definition) is 1.